The summed E-state index contributed by atoms with van der Waals surface area (Å²) in [6.07, 6.45) is 14.2. The van der Waals surface area contributed by atoms with Crippen molar-refractivity contribution < 1.29 is 4.79 Å². The first kappa shape index (κ1) is 21.0. The summed E-state index contributed by atoms with van der Waals surface area (Å²) in [6.45, 7) is 2.08. The third kappa shape index (κ3) is 3.87. The minimum Gasteiger partial charge on any atom is -0.357 e. The lowest BCUT2D eigenvalue weighted by Crippen LogP contribution is -2.43. The van der Waals surface area contributed by atoms with Crippen LogP contribution in [0.4, 0.5) is 5.82 Å². The van der Waals surface area contributed by atoms with E-state index in [0.717, 1.165) is 46.6 Å². The van der Waals surface area contributed by atoms with Crippen molar-refractivity contribution in [2.24, 2.45) is 12.5 Å². The highest BCUT2D eigenvalue weighted by atomic mass is 16.1. The molecule has 172 valence electrons. The molecule has 3 aromatic heterocycles. The maximum atomic E-state index is 13.1. The van der Waals surface area contributed by atoms with Crippen molar-refractivity contribution in [3.05, 3.63) is 72.6 Å². The van der Waals surface area contributed by atoms with Crippen LogP contribution in [0.1, 0.15) is 48.2 Å². The van der Waals surface area contributed by atoms with Gasteiger partial charge in [-0.1, -0.05) is 18.6 Å². The Kier molecular flexibility index (Phi) is 5.16. The number of imidazole rings is 1. The van der Waals surface area contributed by atoms with Gasteiger partial charge in [0.1, 0.15) is 5.82 Å². The number of carbonyl (C=O) groups is 1. The molecule has 1 aliphatic carbocycles. The number of aromatic nitrogens is 4. The second-order valence-electron chi connectivity index (χ2n) is 9.97. The predicted molar refractivity (Wildman–Crippen MR) is 134 cm³/mol. The maximum absolute atomic E-state index is 13.1. The Balaban J connectivity index is 1.19. The van der Waals surface area contributed by atoms with Gasteiger partial charge >= 0.3 is 0 Å². The molecular weight excluding hydrogens is 422 g/mol. The van der Waals surface area contributed by atoms with E-state index in [4.69, 9.17) is 0 Å². The number of nitrogens with zero attached hydrogens (tertiary/aromatic N) is 5. The second-order valence-corrected chi connectivity index (χ2v) is 9.97. The molecule has 6 rings (SSSR count). The molecule has 1 saturated carbocycles. The largest absolute Gasteiger partial charge is 0.357 e. The summed E-state index contributed by atoms with van der Waals surface area (Å²) in [4.78, 5) is 28.8. The molecule has 1 saturated heterocycles. The lowest BCUT2D eigenvalue weighted by molar-refractivity contribution is 0.0951. The number of rotatable bonds is 5. The lowest BCUT2D eigenvalue weighted by Gasteiger charge is -2.48. The normalized spacial score (nSPS) is 17.1. The van der Waals surface area contributed by atoms with E-state index >= 15 is 0 Å². The summed E-state index contributed by atoms with van der Waals surface area (Å²) in [5, 5.41) is 2.13. The predicted octanol–water partition coefficient (Wildman–Crippen LogP) is 5.23. The Labute approximate surface area is 199 Å². The van der Waals surface area contributed by atoms with Gasteiger partial charge in [-0.25, -0.2) is 9.97 Å². The molecule has 1 aromatic carbocycles. The first-order chi connectivity index (χ1) is 16.6. The third-order valence-corrected chi connectivity index (χ3v) is 7.86. The van der Waals surface area contributed by atoms with Gasteiger partial charge in [0.25, 0.3) is 0 Å². The van der Waals surface area contributed by atoms with Crippen molar-refractivity contribution >= 4 is 22.4 Å². The van der Waals surface area contributed by atoms with Crippen LogP contribution in [-0.4, -0.2) is 38.4 Å². The molecule has 0 N–H and O–H groups in total. The average molecular weight is 452 g/mol. The molecule has 6 nitrogen and oxygen atoms in total. The zero-order valence-corrected chi connectivity index (χ0v) is 19.6. The quantitative estimate of drug-likeness (QED) is 0.389. The van der Waals surface area contributed by atoms with Crippen LogP contribution >= 0.6 is 0 Å². The first-order valence-corrected chi connectivity index (χ1v) is 12.2. The highest BCUT2D eigenvalue weighted by Gasteiger charge is 2.39. The highest BCUT2D eigenvalue weighted by molar-refractivity contribution is 5.98. The van der Waals surface area contributed by atoms with Crippen LogP contribution in [0.25, 0.3) is 22.0 Å². The Morgan fingerprint density at radius 3 is 2.56 bits per heavy atom. The Morgan fingerprint density at radius 2 is 1.82 bits per heavy atom. The van der Waals surface area contributed by atoms with E-state index in [2.05, 4.69) is 38.1 Å². The molecule has 34 heavy (non-hydrogen) atoms. The minimum absolute atomic E-state index is 0.0748. The van der Waals surface area contributed by atoms with Gasteiger partial charge in [0.05, 0.1) is 24.6 Å². The van der Waals surface area contributed by atoms with E-state index in [9.17, 15) is 4.79 Å². The summed E-state index contributed by atoms with van der Waals surface area (Å²) in [5.74, 6) is 0.998. The van der Waals surface area contributed by atoms with Crippen molar-refractivity contribution in [3.63, 3.8) is 0 Å². The molecule has 0 radical (unpaired) electrons. The van der Waals surface area contributed by atoms with Crippen LogP contribution in [0.3, 0.4) is 0 Å². The molecule has 0 bridgehead atoms. The Hall–Kier alpha value is -3.54. The smallest absolute Gasteiger partial charge is 0.169 e. The van der Waals surface area contributed by atoms with Crippen molar-refractivity contribution in [2.75, 3.05) is 18.0 Å². The molecule has 1 aliphatic heterocycles. The number of anilines is 1. The Morgan fingerprint density at radius 1 is 0.971 bits per heavy atom. The minimum atomic E-state index is 0.0748. The summed E-state index contributed by atoms with van der Waals surface area (Å²) in [6, 6.07) is 12.1. The number of piperidine rings is 1. The number of hydrogen-bond donors (Lipinski definition) is 0. The van der Waals surface area contributed by atoms with Gasteiger partial charge in [-0.05, 0) is 60.7 Å². The van der Waals surface area contributed by atoms with Crippen molar-refractivity contribution in [2.45, 2.75) is 38.5 Å². The zero-order chi connectivity index (χ0) is 23.1. The lowest BCUT2D eigenvalue weighted by atomic mass is 9.63. The maximum Gasteiger partial charge on any atom is 0.169 e. The van der Waals surface area contributed by atoms with Crippen molar-refractivity contribution in [3.8, 4) is 11.3 Å². The van der Waals surface area contributed by atoms with E-state index in [-0.39, 0.29) is 12.2 Å². The molecule has 0 amide bonds. The van der Waals surface area contributed by atoms with Gasteiger partial charge in [-0.15, -0.1) is 0 Å². The number of Topliss-reactive ketones (excluding diaryl/α,β-unsaturated/α-hetero) is 1. The van der Waals surface area contributed by atoms with Gasteiger partial charge in [-0.3, -0.25) is 9.78 Å². The third-order valence-electron chi connectivity index (χ3n) is 7.86. The summed E-state index contributed by atoms with van der Waals surface area (Å²) >= 11 is 0. The summed E-state index contributed by atoms with van der Waals surface area (Å²) in [5.41, 5.74) is 4.24. The van der Waals surface area contributed by atoms with E-state index in [1.54, 1.807) is 12.5 Å². The number of ketones is 1. The zero-order valence-electron chi connectivity index (χ0n) is 19.6. The molecule has 0 unspecified atom stereocenters. The molecule has 0 atom stereocenters. The number of pyridine rings is 2. The van der Waals surface area contributed by atoms with E-state index < -0.39 is 0 Å². The van der Waals surface area contributed by atoms with Gasteiger partial charge in [-0.2, -0.15) is 0 Å². The topological polar surface area (TPSA) is 63.9 Å². The molecule has 4 heterocycles. The SMILES string of the molecule is Cn1cncc1-c1ccc2cnc(CC(=O)c3ccnc(N4CCC5(CCC5)CC4)c3)cc2c1. The number of carbonyl (C=O) groups excluding carboxylic acids is 1. The number of aryl methyl sites for hydroxylation is 1. The van der Waals surface area contributed by atoms with Crippen molar-refractivity contribution in [1.82, 2.24) is 19.5 Å². The molecular formula is C28H29N5O. The fraction of sp³-hybridized carbons (Fsp3) is 0.357. The number of benzene rings is 1. The van der Waals surface area contributed by atoms with Gasteiger partial charge in [0, 0.05) is 54.7 Å². The first-order valence-electron chi connectivity index (χ1n) is 12.2. The monoisotopic (exact) mass is 451 g/mol. The molecule has 2 fully saturated rings. The molecule has 6 heteroatoms. The molecule has 2 aliphatic rings. The number of hydrogen-bond acceptors (Lipinski definition) is 5. The average Bonchev–Trinajstić information content (AvgIpc) is 3.28. The van der Waals surface area contributed by atoms with Crippen LogP contribution in [0.5, 0.6) is 0 Å². The fourth-order valence-corrected chi connectivity index (χ4v) is 5.50. The van der Waals surface area contributed by atoms with E-state index in [1.165, 1.54) is 32.1 Å². The number of fused-ring (bicyclic) bond motifs is 1. The molecule has 4 aromatic rings. The summed E-state index contributed by atoms with van der Waals surface area (Å²) in [7, 11) is 1.99. The van der Waals surface area contributed by atoms with Gasteiger partial charge < -0.3 is 9.47 Å². The highest BCUT2D eigenvalue weighted by Crippen LogP contribution is 2.49. The van der Waals surface area contributed by atoms with Gasteiger partial charge in [0.2, 0.25) is 0 Å². The second kappa shape index (κ2) is 8.35. The van der Waals surface area contributed by atoms with Crippen molar-refractivity contribution in [1.29, 1.82) is 0 Å². The standard InChI is InChI=1S/C28H29N5O/c1-32-19-29-18-25(32)20-3-4-22-17-31-24(14-23(22)13-20)16-26(34)21-5-10-30-27(15-21)33-11-8-28(9-12-33)6-2-7-28/h3-5,10,13-15,17-19H,2,6-9,11-12,16H2,1H3. The van der Waals surface area contributed by atoms with Crippen LogP contribution in [-0.2, 0) is 13.5 Å². The fourth-order valence-electron chi connectivity index (χ4n) is 5.50. The van der Waals surface area contributed by atoms with E-state index in [0.29, 0.717) is 11.0 Å². The van der Waals surface area contributed by atoms with Crippen LogP contribution in [0.2, 0.25) is 0 Å². The van der Waals surface area contributed by atoms with Crippen LogP contribution in [0, 0.1) is 5.41 Å². The van der Waals surface area contributed by atoms with Gasteiger partial charge in [0.15, 0.2) is 5.78 Å². The van der Waals surface area contributed by atoms with Crippen LogP contribution < -0.4 is 4.90 Å². The molecule has 1 spiro atoms. The van der Waals surface area contributed by atoms with Crippen LogP contribution in [0.15, 0.2) is 61.3 Å². The van der Waals surface area contributed by atoms with E-state index in [1.807, 2.05) is 42.2 Å². The Bertz CT molecular complexity index is 1360. The summed E-state index contributed by atoms with van der Waals surface area (Å²) < 4.78 is 2.00.